The fourth-order valence-electron chi connectivity index (χ4n) is 3.82. The second-order valence-corrected chi connectivity index (χ2v) is 6.29. The van der Waals surface area contributed by atoms with Crippen molar-refractivity contribution in [1.82, 2.24) is 4.90 Å². The minimum atomic E-state index is -0.681. The van der Waals surface area contributed by atoms with Crippen molar-refractivity contribution in [2.45, 2.75) is 50.7 Å². The summed E-state index contributed by atoms with van der Waals surface area (Å²) in [7, 11) is 0. The number of hydrogen-bond donors (Lipinski definition) is 2. The van der Waals surface area contributed by atoms with E-state index >= 15 is 0 Å². The Bertz CT molecular complexity index is 568. The quantitative estimate of drug-likeness (QED) is 0.885. The van der Waals surface area contributed by atoms with Gasteiger partial charge in [-0.25, -0.2) is 0 Å². The molecule has 3 atom stereocenters. The number of aliphatic hydroxyl groups is 1. The highest BCUT2D eigenvalue weighted by Gasteiger charge is 2.39. The molecule has 0 spiro atoms. The molecule has 3 N–H and O–H groups in total. The van der Waals surface area contributed by atoms with Crippen LogP contribution < -0.4 is 5.73 Å². The number of furan rings is 1. The van der Waals surface area contributed by atoms with E-state index in [1.54, 1.807) is 0 Å². The molecule has 1 saturated heterocycles. The molecule has 1 aromatic heterocycles. The van der Waals surface area contributed by atoms with E-state index in [0.29, 0.717) is 12.1 Å². The zero-order chi connectivity index (χ0) is 15.7. The van der Waals surface area contributed by atoms with Crippen molar-refractivity contribution >= 4 is 11.8 Å². The fraction of sp³-hybridized carbons (Fsp3) is 0.625. The van der Waals surface area contributed by atoms with Gasteiger partial charge in [0.25, 0.3) is 11.8 Å². The lowest BCUT2D eigenvalue weighted by Gasteiger charge is -2.37. The molecule has 22 heavy (non-hydrogen) atoms. The summed E-state index contributed by atoms with van der Waals surface area (Å²) < 4.78 is 5.04. The number of carbonyl (C=O) groups excluding carboxylic acids is 2. The topological polar surface area (TPSA) is 96.8 Å². The minimum absolute atomic E-state index is 0.00296. The van der Waals surface area contributed by atoms with Crippen molar-refractivity contribution in [3.8, 4) is 0 Å². The molecule has 3 rings (SSSR count). The molecule has 6 nitrogen and oxygen atoms in total. The highest BCUT2D eigenvalue weighted by atomic mass is 16.3. The Hall–Kier alpha value is -1.82. The largest absolute Gasteiger partial charge is 0.458 e. The Morgan fingerprint density at radius 2 is 2.00 bits per heavy atom. The van der Waals surface area contributed by atoms with Crippen molar-refractivity contribution in [2.24, 2.45) is 11.7 Å². The van der Waals surface area contributed by atoms with Gasteiger partial charge in [0.15, 0.2) is 5.76 Å². The van der Waals surface area contributed by atoms with Gasteiger partial charge in [0.2, 0.25) is 0 Å². The monoisotopic (exact) mass is 306 g/mol. The first kappa shape index (κ1) is 15.1. The molecule has 0 unspecified atom stereocenters. The van der Waals surface area contributed by atoms with Gasteiger partial charge in [0.1, 0.15) is 6.26 Å². The van der Waals surface area contributed by atoms with Crippen LogP contribution in [0.15, 0.2) is 16.7 Å². The maximum atomic E-state index is 12.7. The van der Waals surface area contributed by atoms with E-state index in [4.69, 9.17) is 10.2 Å². The predicted octanol–water partition coefficient (Wildman–Crippen LogP) is 1.53. The Labute approximate surface area is 129 Å². The number of carbonyl (C=O) groups is 2. The Balaban J connectivity index is 1.76. The number of amides is 2. The van der Waals surface area contributed by atoms with Gasteiger partial charge in [-0.05, 0) is 25.7 Å². The molecular weight excluding hydrogens is 284 g/mol. The predicted molar refractivity (Wildman–Crippen MR) is 79.2 cm³/mol. The first-order chi connectivity index (χ1) is 10.6. The first-order valence-electron chi connectivity index (χ1n) is 7.95. The third-order valence-electron chi connectivity index (χ3n) is 4.93. The van der Waals surface area contributed by atoms with Gasteiger partial charge in [-0.2, -0.15) is 0 Å². The van der Waals surface area contributed by atoms with Gasteiger partial charge in [-0.15, -0.1) is 0 Å². The smallest absolute Gasteiger partial charge is 0.284 e. The molecule has 1 aliphatic carbocycles. The highest BCUT2D eigenvalue weighted by molar-refractivity contribution is 5.98. The molecule has 120 valence electrons. The lowest BCUT2D eigenvalue weighted by molar-refractivity contribution is 0.0211. The third-order valence-corrected chi connectivity index (χ3v) is 4.93. The normalized spacial score (nSPS) is 28.8. The van der Waals surface area contributed by atoms with Crippen LogP contribution in [0.2, 0.25) is 0 Å². The summed E-state index contributed by atoms with van der Waals surface area (Å²) in [6.45, 7) is 0.684. The summed E-state index contributed by atoms with van der Waals surface area (Å²) >= 11 is 0. The maximum Gasteiger partial charge on any atom is 0.284 e. The zero-order valence-corrected chi connectivity index (χ0v) is 12.5. The third kappa shape index (κ3) is 2.75. The minimum Gasteiger partial charge on any atom is -0.458 e. The SMILES string of the molecule is NC(=O)c1cc(C(=O)N2CCC[C@@H]2[C@H]2CCCC[C@H]2O)co1. The summed E-state index contributed by atoms with van der Waals surface area (Å²) in [6, 6.07) is 1.48. The second-order valence-electron chi connectivity index (χ2n) is 6.29. The van der Waals surface area contributed by atoms with Crippen LogP contribution in [0.3, 0.4) is 0 Å². The van der Waals surface area contributed by atoms with Crippen LogP contribution in [-0.4, -0.2) is 40.5 Å². The molecule has 0 aromatic carbocycles. The number of aliphatic hydroxyl groups excluding tert-OH is 1. The van der Waals surface area contributed by atoms with Crippen LogP contribution in [-0.2, 0) is 0 Å². The van der Waals surface area contributed by atoms with Crippen LogP contribution >= 0.6 is 0 Å². The van der Waals surface area contributed by atoms with Crippen molar-refractivity contribution in [3.63, 3.8) is 0 Å². The molecule has 6 heteroatoms. The van der Waals surface area contributed by atoms with Crippen LogP contribution in [0.25, 0.3) is 0 Å². The number of rotatable bonds is 3. The van der Waals surface area contributed by atoms with Crippen LogP contribution in [0.5, 0.6) is 0 Å². The van der Waals surface area contributed by atoms with E-state index in [-0.39, 0.29) is 29.7 Å². The number of nitrogens with two attached hydrogens (primary N) is 1. The van der Waals surface area contributed by atoms with Crippen molar-refractivity contribution in [1.29, 1.82) is 0 Å². The molecule has 2 fully saturated rings. The van der Waals surface area contributed by atoms with E-state index < -0.39 is 5.91 Å². The highest BCUT2D eigenvalue weighted by Crippen LogP contribution is 2.35. The summed E-state index contributed by atoms with van der Waals surface area (Å²) in [5.41, 5.74) is 5.51. The number of primary amides is 1. The lowest BCUT2D eigenvalue weighted by atomic mass is 9.80. The number of hydrogen-bond acceptors (Lipinski definition) is 4. The van der Waals surface area contributed by atoms with Crippen molar-refractivity contribution in [2.75, 3.05) is 6.54 Å². The first-order valence-corrected chi connectivity index (χ1v) is 7.95. The van der Waals surface area contributed by atoms with E-state index in [1.807, 2.05) is 4.90 Å². The van der Waals surface area contributed by atoms with Gasteiger partial charge in [-0.1, -0.05) is 12.8 Å². The number of nitrogens with zero attached hydrogens (tertiary/aromatic N) is 1. The van der Waals surface area contributed by atoms with E-state index in [2.05, 4.69) is 0 Å². The van der Waals surface area contributed by atoms with Crippen LogP contribution in [0.1, 0.15) is 59.4 Å². The summed E-state index contributed by atoms with van der Waals surface area (Å²) in [6.07, 6.45) is 6.79. The molecule has 1 aromatic rings. The van der Waals surface area contributed by atoms with E-state index in [1.165, 1.54) is 12.3 Å². The molecule has 0 radical (unpaired) electrons. The van der Waals surface area contributed by atoms with Gasteiger partial charge < -0.3 is 20.2 Å². The van der Waals surface area contributed by atoms with Gasteiger partial charge in [0, 0.05) is 24.6 Å². The average Bonchev–Trinajstić information content (AvgIpc) is 3.16. The standard InChI is InChI=1S/C16H22N2O4/c17-15(20)14-8-10(9-22-14)16(21)18-7-3-5-12(18)11-4-1-2-6-13(11)19/h8-9,11-13,19H,1-7H2,(H2,17,20)/t11-,12-,13-/m1/s1. The molecule has 1 aliphatic heterocycles. The summed E-state index contributed by atoms with van der Waals surface area (Å²) in [5.74, 6) is -0.671. The molecule has 0 bridgehead atoms. The van der Waals surface area contributed by atoms with Gasteiger partial charge in [0.05, 0.1) is 11.7 Å². The Morgan fingerprint density at radius 1 is 1.23 bits per heavy atom. The number of likely N-dealkylation sites (tertiary alicyclic amines) is 1. The lowest BCUT2D eigenvalue weighted by Crippen LogP contribution is -2.45. The average molecular weight is 306 g/mol. The van der Waals surface area contributed by atoms with Crippen molar-refractivity contribution < 1.29 is 19.1 Å². The summed E-state index contributed by atoms with van der Waals surface area (Å²) in [4.78, 5) is 25.6. The fourth-order valence-corrected chi connectivity index (χ4v) is 3.82. The zero-order valence-electron chi connectivity index (χ0n) is 12.5. The van der Waals surface area contributed by atoms with Crippen LogP contribution in [0.4, 0.5) is 0 Å². The van der Waals surface area contributed by atoms with Gasteiger partial charge >= 0.3 is 0 Å². The maximum absolute atomic E-state index is 12.7. The van der Waals surface area contributed by atoms with Gasteiger partial charge in [-0.3, -0.25) is 9.59 Å². The Kier molecular flexibility index (Phi) is 4.20. The van der Waals surface area contributed by atoms with E-state index in [0.717, 1.165) is 38.5 Å². The molecule has 2 amide bonds. The molecule has 1 saturated carbocycles. The Morgan fingerprint density at radius 3 is 2.68 bits per heavy atom. The molecule has 2 aliphatic rings. The summed E-state index contributed by atoms with van der Waals surface area (Å²) in [5, 5.41) is 10.3. The molecular formula is C16H22N2O4. The van der Waals surface area contributed by atoms with Crippen molar-refractivity contribution in [3.05, 3.63) is 23.7 Å². The van der Waals surface area contributed by atoms with Crippen LogP contribution in [0, 0.1) is 5.92 Å². The van der Waals surface area contributed by atoms with E-state index in [9.17, 15) is 14.7 Å². The molecule has 2 heterocycles. The second kappa shape index (κ2) is 6.12.